The van der Waals surface area contributed by atoms with Crippen molar-refractivity contribution in [2.45, 2.75) is 12.3 Å². The largest absolute Gasteiger partial charge is 0.358 e. The van der Waals surface area contributed by atoms with E-state index in [1.807, 2.05) is 6.92 Å². The highest BCUT2D eigenvalue weighted by molar-refractivity contribution is 6.38. The van der Waals surface area contributed by atoms with Crippen LogP contribution >= 0.6 is 0 Å². The summed E-state index contributed by atoms with van der Waals surface area (Å²) in [6, 6.07) is 0. The molecule has 0 rings (SSSR count). The second-order valence-electron chi connectivity index (χ2n) is 2.08. The van der Waals surface area contributed by atoms with E-state index in [-0.39, 0.29) is 5.41 Å². The van der Waals surface area contributed by atoms with Crippen molar-refractivity contribution < 1.29 is 9.47 Å². The summed E-state index contributed by atoms with van der Waals surface area (Å²) < 4.78 is 10.2. The molecule has 2 N–H and O–H groups in total. The lowest BCUT2D eigenvalue weighted by atomic mass is 10.7. The van der Waals surface area contributed by atoms with Crippen molar-refractivity contribution in [3.05, 3.63) is 0 Å². The molecule has 0 radical (unpaired) electrons. The molecule has 0 saturated heterocycles. The molecular formula is C5H15NO2Si. The molecule has 0 aliphatic heterocycles. The molecule has 0 atom stereocenters. The van der Waals surface area contributed by atoms with Gasteiger partial charge in [0.05, 0.1) is 0 Å². The minimum Gasteiger partial charge on any atom is -0.358 e. The topological polar surface area (TPSA) is 44.5 Å². The predicted octanol–water partition coefficient (Wildman–Crippen LogP) is -0.962. The van der Waals surface area contributed by atoms with E-state index in [9.17, 15) is 0 Å². The molecule has 0 aromatic carbocycles. The Morgan fingerprint density at radius 2 is 1.89 bits per heavy atom. The van der Waals surface area contributed by atoms with Gasteiger partial charge in [0.25, 0.3) is 0 Å². The van der Waals surface area contributed by atoms with Gasteiger partial charge in [0.1, 0.15) is 14.9 Å². The molecule has 0 bridgehead atoms. The van der Waals surface area contributed by atoms with Crippen LogP contribution < -0.4 is 5.73 Å². The van der Waals surface area contributed by atoms with Gasteiger partial charge in [0.2, 0.25) is 0 Å². The van der Waals surface area contributed by atoms with Gasteiger partial charge in [0, 0.05) is 14.2 Å². The molecule has 0 aliphatic carbocycles. The Hall–Kier alpha value is 0.0969. The van der Waals surface area contributed by atoms with Crippen LogP contribution in [0.4, 0.5) is 0 Å². The van der Waals surface area contributed by atoms with Gasteiger partial charge in [-0.2, -0.15) is 0 Å². The highest BCUT2D eigenvalue weighted by Gasteiger charge is 2.20. The maximum absolute atomic E-state index is 5.37. The van der Waals surface area contributed by atoms with Crippen molar-refractivity contribution >= 4 is 9.52 Å². The third kappa shape index (κ3) is 2.95. The minimum atomic E-state index is -0.427. The summed E-state index contributed by atoms with van der Waals surface area (Å²) in [6.45, 7) is 1.92. The summed E-state index contributed by atoms with van der Waals surface area (Å²) in [6.07, 6.45) is 0.720. The first kappa shape index (κ1) is 9.10. The van der Waals surface area contributed by atoms with Crippen LogP contribution in [0.15, 0.2) is 0 Å². The molecule has 56 valence electrons. The van der Waals surface area contributed by atoms with E-state index in [0.717, 1.165) is 6.17 Å². The lowest BCUT2D eigenvalue weighted by molar-refractivity contribution is -0.130. The zero-order chi connectivity index (χ0) is 7.33. The summed E-state index contributed by atoms with van der Waals surface area (Å²) in [7, 11) is 2.86. The number of hydrogen-bond acceptors (Lipinski definition) is 3. The quantitative estimate of drug-likeness (QED) is 0.413. The Bertz CT molecular complexity index is 75.4. The monoisotopic (exact) mass is 149 g/mol. The smallest absolute Gasteiger partial charge is 0.142 e. The Morgan fingerprint density at radius 1 is 1.44 bits per heavy atom. The Morgan fingerprint density at radius 3 is 2.00 bits per heavy atom. The van der Waals surface area contributed by atoms with Crippen LogP contribution in [-0.2, 0) is 9.47 Å². The van der Waals surface area contributed by atoms with E-state index in [1.54, 1.807) is 14.2 Å². The Labute approximate surface area is 58.3 Å². The van der Waals surface area contributed by atoms with E-state index in [1.165, 1.54) is 0 Å². The predicted molar refractivity (Wildman–Crippen MR) is 40.0 cm³/mol. The van der Waals surface area contributed by atoms with E-state index in [2.05, 4.69) is 0 Å². The maximum Gasteiger partial charge on any atom is 0.142 e. The maximum atomic E-state index is 5.37. The van der Waals surface area contributed by atoms with Crippen molar-refractivity contribution in [3.8, 4) is 0 Å². The number of methoxy groups -OCH3 is 2. The van der Waals surface area contributed by atoms with Crippen molar-refractivity contribution in [3.63, 3.8) is 0 Å². The Balaban J connectivity index is 3.62. The van der Waals surface area contributed by atoms with E-state index >= 15 is 0 Å². The van der Waals surface area contributed by atoms with E-state index < -0.39 is 9.52 Å². The van der Waals surface area contributed by atoms with Crippen LogP contribution in [0.25, 0.3) is 0 Å². The molecule has 0 spiro atoms. The summed E-state index contributed by atoms with van der Waals surface area (Å²) in [5.74, 6) is 0. The van der Waals surface area contributed by atoms with Crippen LogP contribution in [-0.4, -0.2) is 35.3 Å². The van der Waals surface area contributed by atoms with Gasteiger partial charge in [-0.3, -0.25) is 0 Å². The Kier molecular flexibility index (Phi) is 4.04. The number of rotatable bonds is 4. The zero-order valence-electron chi connectivity index (χ0n) is 6.31. The van der Waals surface area contributed by atoms with Gasteiger partial charge in [-0.15, -0.1) is 0 Å². The highest BCUT2D eigenvalue weighted by atomic mass is 28.2. The number of ether oxygens (including phenoxy) is 2. The molecule has 0 aromatic rings. The third-order valence-electron chi connectivity index (χ3n) is 1.46. The fourth-order valence-corrected chi connectivity index (χ4v) is 1.48. The van der Waals surface area contributed by atoms with Crippen molar-refractivity contribution in [2.75, 3.05) is 20.4 Å². The third-order valence-corrected chi connectivity index (χ3v) is 3.24. The number of nitrogens with two attached hydrogens (primary N) is 1. The molecule has 0 aliphatic rings. The molecule has 0 fully saturated rings. The van der Waals surface area contributed by atoms with Crippen molar-refractivity contribution in [2.24, 2.45) is 5.73 Å². The zero-order valence-corrected chi connectivity index (χ0v) is 7.72. The van der Waals surface area contributed by atoms with Gasteiger partial charge < -0.3 is 15.2 Å². The van der Waals surface area contributed by atoms with Crippen LogP contribution in [0.3, 0.4) is 0 Å². The molecule has 0 saturated carbocycles. The van der Waals surface area contributed by atoms with Gasteiger partial charge in [0.15, 0.2) is 0 Å². The normalized spacial score (nSPS) is 13.3. The molecule has 4 heteroatoms. The van der Waals surface area contributed by atoms with Crippen LogP contribution in [0.5, 0.6) is 0 Å². The fourth-order valence-electron chi connectivity index (χ4n) is 0.550. The van der Waals surface area contributed by atoms with E-state index in [4.69, 9.17) is 15.2 Å². The first-order chi connectivity index (χ1) is 4.18. The van der Waals surface area contributed by atoms with Gasteiger partial charge in [-0.25, -0.2) is 0 Å². The SMILES string of the molecule is COC(C)(OC)[SiH2]CN. The summed E-state index contributed by atoms with van der Waals surface area (Å²) in [4.78, 5) is 0. The second-order valence-corrected chi connectivity index (χ2v) is 4.44. The van der Waals surface area contributed by atoms with Crippen molar-refractivity contribution in [1.29, 1.82) is 0 Å². The van der Waals surface area contributed by atoms with Gasteiger partial charge >= 0.3 is 0 Å². The van der Waals surface area contributed by atoms with Crippen LogP contribution in [0.2, 0.25) is 0 Å². The molecule has 0 unspecified atom stereocenters. The first-order valence-electron chi connectivity index (χ1n) is 2.99. The second kappa shape index (κ2) is 4.00. The first-order valence-corrected chi connectivity index (χ1v) is 4.69. The highest BCUT2D eigenvalue weighted by Crippen LogP contribution is 2.05. The van der Waals surface area contributed by atoms with Gasteiger partial charge in [-0.1, -0.05) is 0 Å². The average molecular weight is 149 g/mol. The molecule has 0 amide bonds. The summed E-state index contributed by atoms with van der Waals surface area (Å²) >= 11 is 0. The molecule has 0 heterocycles. The fraction of sp³-hybridized carbons (Fsp3) is 1.00. The minimum absolute atomic E-state index is 0.352. The molecule has 9 heavy (non-hydrogen) atoms. The van der Waals surface area contributed by atoms with Crippen molar-refractivity contribution in [1.82, 2.24) is 0 Å². The molecule has 0 aromatic heterocycles. The molecular weight excluding hydrogens is 134 g/mol. The van der Waals surface area contributed by atoms with E-state index in [0.29, 0.717) is 0 Å². The summed E-state index contributed by atoms with van der Waals surface area (Å²) in [5.41, 5.74) is 5.02. The van der Waals surface area contributed by atoms with Crippen LogP contribution in [0.1, 0.15) is 6.92 Å². The summed E-state index contributed by atoms with van der Waals surface area (Å²) in [5, 5.41) is 0. The number of hydrogen-bond donors (Lipinski definition) is 1. The lowest BCUT2D eigenvalue weighted by Crippen LogP contribution is -2.40. The average Bonchev–Trinajstić information content (AvgIpc) is 1.89. The molecule has 3 nitrogen and oxygen atoms in total. The lowest BCUT2D eigenvalue weighted by Gasteiger charge is -2.25. The standard InChI is InChI=1S/C5H15NO2Si/c1-5(7-2,8-3)9-4-6/h4,6,9H2,1-3H3. The van der Waals surface area contributed by atoms with Crippen LogP contribution in [0, 0.1) is 0 Å². The van der Waals surface area contributed by atoms with Gasteiger partial charge in [-0.05, 0) is 13.1 Å².